The zero-order valence-electron chi connectivity index (χ0n) is 13.7. The molecule has 0 fully saturated rings. The normalized spacial score (nSPS) is 17.2. The molecule has 0 N–H and O–H groups in total. The fourth-order valence-electron chi connectivity index (χ4n) is 3.25. The third kappa shape index (κ3) is 4.03. The third-order valence-corrected chi connectivity index (χ3v) is 4.43. The van der Waals surface area contributed by atoms with Crippen LogP contribution in [0.1, 0.15) is 51.0 Å². The second-order valence-electron chi connectivity index (χ2n) is 6.05. The molecule has 0 saturated carbocycles. The van der Waals surface area contributed by atoms with Crippen LogP contribution in [0.3, 0.4) is 0 Å². The van der Waals surface area contributed by atoms with Crippen LogP contribution < -0.4 is 0 Å². The molecular weight excluding hydrogens is 280 g/mol. The number of allylic oxidation sites excluding steroid dienone is 2. The molecule has 1 aromatic rings. The van der Waals surface area contributed by atoms with E-state index in [-0.39, 0.29) is 6.42 Å². The van der Waals surface area contributed by atoms with E-state index in [1.807, 2.05) is 30.3 Å². The molecule has 23 heavy (non-hydrogen) atoms. The first-order valence-electron chi connectivity index (χ1n) is 8.32. The lowest BCUT2D eigenvalue weighted by atomic mass is 9.69. The Bertz CT molecular complexity index is 675. The summed E-state index contributed by atoms with van der Waals surface area (Å²) in [5.41, 5.74) is 0.833. The highest BCUT2D eigenvalue weighted by Crippen LogP contribution is 2.41. The highest BCUT2D eigenvalue weighted by Gasteiger charge is 2.38. The zero-order valence-corrected chi connectivity index (χ0v) is 13.7. The van der Waals surface area contributed by atoms with Crippen LogP contribution in [0.25, 0.3) is 0 Å². The maximum atomic E-state index is 9.73. The molecule has 0 heterocycles. The van der Waals surface area contributed by atoms with Gasteiger partial charge >= 0.3 is 0 Å². The van der Waals surface area contributed by atoms with Crippen molar-refractivity contribution in [2.45, 2.75) is 45.4 Å². The smallest absolute Gasteiger partial charge is 0.175 e. The van der Waals surface area contributed by atoms with Gasteiger partial charge in [0.1, 0.15) is 0 Å². The van der Waals surface area contributed by atoms with Crippen molar-refractivity contribution in [3.05, 3.63) is 47.5 Å². The van der Waals surface area contributed by atoms with Crippen molar-refractivity contribution in [2.75, 3.05) is 0 Å². The van der Waals surface area contributed by atoms with Crippen molar-refractivity contribution >= 4 is 0 Å². The first-order valence-corrected chi connectivity index (χ1v) is 8.32. The lowest BCUT2D eigenvalue weighted by molar-refractivity contribution is 0.410. The maximum Gasteiger partial charge on any atom is 0.175 e. The van der Waals surface area contributed by atoms with Gasteiger partial charge in [0.05, 0.1) is 12.1 Å². The molecule has 2 rings (SSSR count). The average molecular weight is 302 g/mol. The second kappa shape index (κ2) is 8.22. The minimum Gasteiger partial charge on any atom is -0.196 e. The summed E-state index contributed by atoms with van der Waals surface area (Å²) in [6.07, 6.45) is 7.72. The summed E-state index contributed by atoms with van der Waals surface area (Å²) >= 11 is 0. The van der Waals surface area contributed by atoms with E-state index in [1.54, 1.807) is 0 Å². The fourth-order valence-corrected chi connectivity index (χ4v) is 3.25. The number of benzene rings is 1. The molecule has 1 aromatic carbocycles. The van der Waals surface area contributed by atoms with Gasteiger partial charge in [-0.2, -0.15) is 10.5 Å². The Morgan fingerprint density at radius 1 is 1.17 bits per heavy atom. The first kappa shape index (κ1) is 16.9. The molecule has 1 atom stereocenters. The maximum absolute atomic E-state index is 9.73. The quantitative estimate of drug-likeness (QED) is 0.581. The van der Waals surface area contributed by atoms with Gasteiger partial charge in [-0.1, -0.05) is 49.5 Å². The van der Waals surface area contributed by atoms with Gasteiger partial charge in [-0.15, -0.1) is 0 Å². The van der Waals surface area contributed by atoms with E-state index in [2.05, 4.69) is 37.0 Å². The number of rotatable bonds is 4. The van der Waals surface area contributed by atoms with Crippen molar-refractivity contribution in [3.63, 3.8) is 0 Å². The molecule has 1 unspecified atom stereocenters. The second-order valence-corrected chi connectivity index (χ2v) is 6.05. The SMILES string of the molecule is CCCC1CCCC=C1C(C#N)(C#N)CC#Cc1ccccc1. The van der Waals surface area contributed by atoms with Gasteiger partial charge in [-0.05, 0) is 49.3 Å². The Hall–Kier alpha value is -2.50. The van der Waals surface area contributed by atoms with E-state index in [0.717, 1.165) is 43.2 Å². The van der Waals surface area contributed by atoms with Crippen LogP contribution in [0.4, 0.5) is 0 Å². The lowest BCUT2D eigenvalue weighted by Gasteiger charge is -2.31. The predicted molar refractivity (Wildman–Crippen MR) is 91.9 cm³/mol. The molecule has 0 amide bonds. The number of hydrogen-bond acceptors (Lipinski definition) is 2. The standard InChI is InChI=1S/C21H22N2/c1-2-9-19-13-6-7-14-20(19)21(16-22,17-23)15-8-12-18-10-4-3-5-11-18/h3-5,10-11,14,19H,2,6-7,9,13,15H2,1H3. The molecule has 2 heteroatoms. The third-order valence-electron chi connectivity index (χ3n) is 4.43. The molecule has 1 aliphatic carbocycles. The van der Waals surface area contributed by atoms with E-state index < -0.39 is 5.41 Å². The van der Waals surface area contributed by atoms with Gasteiger partial charge in [0.15, 0.2) is 5.41 Å². The van der Waals surface area contributed by atoms with Gasteiger partial charge in [0.2, 0.25) is 0 Å². The number of nitrogens with zero attached hydrogens (tertiary/aromatic N) is 2. The van der Waals surface area contributed by atoms with Gasteiger partial charge in [-0.3, -0.25) is 0 Å². The zero-order chi connectivity index (χ0) is 16.5. The van der Waals surface area contributed by atoms with E-state index in [1.165, 1.54) is 0 Å². The van der Waals surface area contributed by atoms with Crippen LogP contribution in [-0.2, 0) is 0 Å². The minimum atomic E-state index is -1.10. The van der Waals surface area contributed by atoms with Crippen molar-refractivity contribution in [1.82, 2.24) is 0 Å². The van der Waals surface area contributed by atoms with Crippen LogP contribution in [0, 0.1) is 45.8 Å². The molecule has 0 saturated heterocycles. The van der Waals surface area contributed by atoms with Crippen LogP contribution in [0.15, 0.2) is 42.0 Å². The molecule has 0 spiro atoms. The molecule has 0 aromatic heterocycles. The summed E-state index contributed by atoms with van der Waals surface area (Å²) in [6.45, 7) is 2.15. The molecule has 1 aliphatic rings. The molecule has 2 nitrogen and oxygen atoms in total. The van der Waals surface area contributed by atoms with E-state index in [9.17, 15) is 10.5 Å². The first-order chi connectivity index (χ1) is 11.3. The van der Waals surface area contributed by atoms with Crippen LogP contribution >= 0.6 is 0 Å². The van der Waals surface area contributed by atoms with Crippen molar-refractivity contribution in [1.29, 1.82) is 10.5 Å². The van der Waals surface area contributed by atoms with Gasteiger partial charge < -0.3 is 0 Å². The van der Waals surface area contributed by atoms with E-state index in [0.29, 0.717) is 5.92 Å². The van der Waals surface area contributed by atoms with Gasteiger partial charge in [-0.25, -0.2) is 0 Å². The van der Waals surface area contributed by atoms with Crippen molar-refractivity contribution < 1.29 is 0 Å². The molecule has 0 radical (unpaired) electrons. The summed E-state index contributed by atoms with van der Waals surface area (Å²) in [7, 11) is 0. The Morgan fingerprint density at radius 2 is 1.91 bits per heavy atom. The van der Waals surface area contributed by atoms with Crippen LogP contribution in [0.2, 0.25) is 0 Å². The molecule has 0 aliphatic heterocycles. The monoisotopic (exact) mass is 302 g/mol. The predicted octanol–water partition coefficient (Wildman–Crippen LogP) is 4.99. The highest BCUT2D eigenvalue weighted by atomic mass is 14.4. The minimum absolute atomic E-state index is 0.279. The highest BCUT2D eigenvalue weighted by molar-refractivity contribution is 5.40. The van der Waals surface area contributed by atoms with Crippen molar-refractivity contribution in [3.8, 4) is 24.0 Å². The average Bonchev–Trinajstić information content (AvgIpc) is 2.61. The summed E-state index contributed by atoms with van der Waals surface area (Å²) in [4.78, 5) is 0. The Balaban J connectivity index is 2.26. The Labute approximate surface area is 139 Å². The molecule has 0 bridgehead atoms. The number of nitriles is 2. The summed E-state index contributed by atoms with van der Waals surface area (Å²) in [5, 5.41) is 19.5. The van der Waals surface area contributed by atoms with Gasteiger partial charge in [0, 0.05) is 12.0 Å². The van der Waals surface area contributed by atoms with Crippen LogP contribution in [-0.4, -0.2) is 0 Å². The Kier molecular flexibility index (Phi) is 6.02. The van der Waals surface area contributed by atoms with Crippen LogP contribution in [0.5, 0.6) is 0 Å². The molecule has 116 valence electrons. The largest absolute Gasteiger partial charge is 0.196 e. The van der Waals surface area contributed by atoms with Gasteiger partial charge in [0.25, 0.3) is 0 Å². The summed E-state index contributed by atoms with van der Waals surface area (Å²) in [6, 6.07) is 14.3. The number of hydrogen-bond donors (Lipinski definition) is 0. The van der Waals surface area contributed by atoms with Crippen molar-refractivity contribution in [2.24, 2.45) is 11.3 Å². The molecular formula is C21H22N2. The Morgan fingerprint density at radius 3 is 2.57 bits per heavy atom. The lowest BCUT2D eigenvalue weighted by Crippen LogP contribution is -2.26. The summed E-state index contributed by atoms with van der Waals surface area (Å²) in [5.74, 6) is 6.50. The van der Waals surface area contributed by atoms with E-state index in [4.69, 9.17) is 0 Å². The topological polar surface area (TPSA) is 47.6 Å². The summed E-state index contributed by atoms with van der Waals surface area (Å²) < 4.78 is 0. The fraction of sp³-hybridized carbons (Fsp3) is 0.429. The van der Waals surface area contributed by atoms with E-state index >= 15 is 0 Å².